The van der Waals surface area contributed by atoms with Gasteiger partial charge in [0.2, 0.25) is 0 Å². The van der Waals surface area contributed by atoms with Crippen LogP contribution in [-0.4, -0.2) is 57.0 Å². The quantitative estimate of drug-likeness (QED) is 0.333. The summed E-state index contributed by atoms with van der Waals surface area (Å²) in [5, 5.41) is 8.06. The number of aromatic amines is 1. The third-order valence-electron chi connectivity index (χ3n) is 5.05. The Balaban J connectivity index is 1.37. The van der Waals surface area contributed by atoms with Crippen LogP contribution in [0.25, 0.3) is 10.9 Å². The third-order valence-corrected chi connectivity index (χ3v) is 5.05. The summed E-state index contributed by atoms with van der Waals surface area (Å²) in [6, 6.07) is 6.56. The number of H-pyrrole nitrogens is 1. The minimum atomic E-state index is 0.580. The number of aromatic nitrogens is 1. The number of hydrogen-bond acceptors (Lipinski definition) is 3. The highest BCUT2D eigenvalue weighted by Crippen LogP contribution is 2.19. The Labute approximate surface area is 168 Å². The zero-order valence-corrected chi connectivity index (χ0v) is 17.2. The van der Waals surface area contributed by atoms with Crippen LogP contribution < -0.4 is 10.6 Å². The Morgan fingerprint density at radius 2 is 2.29 bits per heavy atom. The third kappa shape index (κ3) is 6.24. The van der Waals surface area contributed by atoms with Crippen LogP contribution in [0.5, 0.6) is 0 Å². The molecule has 1 atom stereocenters. The Bertz CT molecular complexity index is 750. The smallest absolute Gasteiger partial charge is 0.191 e. The minimum absolute atomic E-state index is 0.580. The summed E-state index contributed by atoms with van der Waals surface area (Å²) >= 11 is 0. The molecule has 0 bridgehead atoms. The van der Waals surface area contributed by atoms with E-state index in [4.69, 9.17) is 9.47 Å². The van der Waals surface area contributed by atoms with E-state index in [1.165, 1.54) is 22.0 Å². The molecule has 1 aliphatic rings. The highest BCUT2D eigenvalue weighted by molar-refractivity contribution is 5.84. The molecule has 28 heavy (non-hydrogen) atoms. The molecule has 0 radical (unpaired) electrons. The van der Waals surface area contributed by atoms with Crippen molar-refractivity contribution in [3.8, 4) is 0 Å². The van der Waals surface area contributed by atoms with Gasteiger partial charge in [-0.2, -0.15) is 0 Å². The lowest BCUT2D eigenvalue weighted by molar-refractivity contribution is 0.0893. The standard InChI is InChI=1S/C22H34N4O2/c1-3-23-22(24-9-4-11-27-15-18-8-12-28-16-18)25-10-7-19-14-26-21-13-17(2)5-6-20(19)21/h5-6,13-14,18,26H,3-4,7-12,15-16H2,1-2H3,(H2,23,24,25). The van der Waals surface area contributed by atoms with E-state index in [1.807, 2.05) is 0 Å². The SMILES string of the molecule is CCNC(=NCCCOCC1CCOC1)NCCc1c[nH]c2cc(C)ccc12. The summed E-state index contributed by atoms with van der Waals surface area (Å²) in [7, 11) is 0. The Kier molecular flexibility index (Phi) is 8.18. The van der Waals surface area contributed by atoms with Gasteiger partial charge in [-0.3, -0.25) is 4.99 Å². The van der Waals surface area contributed by atoms with Crippen molar-refractivity contribution in [1.29, 1.82) is 0 Å². The van der Waals surface area contributed by atoms with E-state index >= 15 is 0 Å². The fourth-order valence-electron chi connectivity index (χ4n) is 3.49. The number of aryl methyl sites for hydroxylation is 1. The second-order valence-electron chi connectivity index (χ2n) is 7.46. The van der Waals surface area contributed by atoms with Gasteiger partial charge in [0.15, 0.2) is 5.96 Å². The number of nitrogens with one attached hydrogen (secondary N) is 3. The van der Waals surface area contributed by atoms with Crippen LogP contribution in [0, 0.1) is 12.8 Å². The van der Waals surface area contributed by atoms with E-state index in [0.29, 0.717) is 5.92 Å². The monoisotopic (exact) mass is 386 g/mol. The molecule has 1 aliphatic heterocycles. The number of rotatable bonds is 10. The summed E-state index contributed by atoms with van der Waals surface area (Å²) < 4.78 is 11.1. The highest BCUT2D eigenvalue weighted by Gasteiger charge is 2.15. The second kappa shape index (κ2) is 11.1. The molecule has 1 aromatic carbocycles. The van der Waals surface area contributed by atoms with Crippen LogP contribution >= 0.6 is 0 Å². The fraction of sp³-hybridized carbons (Fsp3) is 0.591. The molecule has 2 aromatic rings. The Morgan fingerprint density at radius 3 is 3.11 bits per heavy atom. The Morgan fingerprint density at radius 1 is 1.36 bits per heavy atom. The van der Waals surface area contributed by atoms with Crippen LogP contribution in [0.15, 0.2) is 29.4 Å². The van der Waals surface area contributed by atoms with Crippen LogP contribution in [-0.2, 0) is 15.9 Å². The molecular formula is C22H34N4O2. The van der Waals surface area contributed by atoms with Crippen molar-refractivity contribution in [3.63, 3.8) is 0 Å². The number of nitrogens with zero attached hydrogens (tertiary/aromatic N) is 1. The topological polar surface area (TPSA) is 70.7 Å². The lowest BCUT2D eigenvalue weighted by Gasteiger charge is -2.11. The molecular weight excluding hydrogens is 352 g/mol. The predicted octanol–water partition coefficient (Wildman–Crippen LogP) is 3.02. The summed E-state index contributed by atoms with van der Waals surface area (Å²) in [4.78, 5) is 8.03. The van der Waals surface area contributed by atoms with Crippen molar-refractivity contribution in [2.45, 2.75) is 33.1 Å². The molecule has 0 amide bonds. The van der Waals surface area contributed by atoms with Gasteiger partial charge in [-0.05, 0) is 50.3 Å². The number of benzene rings is 1. The number of hydrogen-bond donors (Lipinski definition) is 3. The maximum atomic E-state index is 5.75. The minimum Gasteiger partial charge on any atom is -0.381 e. The van der Waals surface area contributed by atoms with Gasteiger partial charge in [0.05, 0.1) is 13.2 Å². The Hall–Kier alpha value is -2.05. The van der Waals surface area contributed by atoms with Crippen molar-refractivity contribution in [2.24, 2.45) is 10.9 Å². The molecule has 0 aliphatic carbocycles. The van der Waals surface area contributed by atoms with Gasteiger partial charge < -0.3 is 25.1 Å². The van der Waals surface area contributed by atoms with Gasteiger partial charge in [0.25, 0.3) is 0 Å². The molecule has 2 heterocycles. The molecule has 3 N–H and O–H groups in total. The first-order valence-electron chi connectivity index (χ1n) is 10.5. The highest BCUT2D eigenvalue weighted by atomic mass is 16.5. The van der Waals surface area contributed by atoms with Crippen molar-refractivity contribution in [1.82, 2.24) is 15.6 Å². The van der Waals surface area contributed by atoms with E-state index in [9.17, 15) is 0 Å². The van der Waals surface area contributed by atoms with Crippen LogP contribution in [0.4, 0.5) is 0 Å². The van der Waals surface area contributed by atoms with Gasteiger partial charge in [0, 0.05) is 55.9 Å². The second-order valence-corrected chi connectivity index (χ2v) is 7.46. The zero-order valence-electron chi connectivity index (χ0n) is 17.2. The van der Waals surface area contributed by atoms with Crippen LogP contribution in [0.2, 0.25) is 0 Å². The number of guanidine groups is 1. The van der Waals surface area contributed by atoms with Crippen molar-refractivity contribution in [3.05, 3.63) is 35.5 Å². The van der Waals surface area contributed by atoms with Gasteiger partial charge in [-0.1, -0.05) is 12.1 Å². The normalized spacial score (nSPS) is 17.4. The van der Waals surface area contributed by atoms with Crippen molar-refractivity contribution >= 4 is 16.9 Å². The first kappa shape index (κ1) is 20.7. The van der Waals surface area contributed by atoms with Crippen molar-refractivity contribution in [2.75, 3.05) is 46.1 Å². The average Bonchev–Trinajstić information content (AvgIpc) is 3.34. The fourth-order valence-corrected chi connectivity index (χ4v) is 3.49. The van der Waals surface area contributed by atoms with Crippen LogP contribution in [0.1, 0.15) is 30.9 Å². The number of aliphatic imine (C=N–C) groups is 1. The summed E-state index contributed by atoms with van der Waals surface area (Å²) in [5.74, 6) is 1.46. The van der Waals surface area contributed by atoms with Gasteiger partial charge in [-0.25, -0.2) is 0 Å². The molecule has 6 nitrogen and oxygen atoms in total. The number of fused-ring (bicyclic) bond motifs is 1. The molecule has 6 heteroatoms. The van der Waals surface area contributed by atoms with E-state index in [1.54, 1.807) is 0 Å². The molecule has 3 rings (SSSR count). The van der Waals surface area contributed by atoms with Gasteiger partial charge in [-0.15, -0.1) is 0 Å². The lowest BCUT2D eigenvalue weighted by atomic mass is 10.1. The molecule has 0 spiro atoms. The molecule has 1 aromatic heterocycles. The summed E-state index contributed by atoms with van der Waals surface area (Å²) in [5.41, 5.74) is 3.82. The molecule has 1 unspecified atom stereocenters. The van der Waals surface area contributed by atoms with Gasteiger partial charge in [0.1, 0.15) is 0 Å². The first-order valence-corrected chi connectivity index (χ1v) is 10.5. The largest absolute Gasteiger partial charge is 0.381 e. The maximum Gasteiger partial charge on any atom is 0.191 e. The zero-order chi connectivity index (χ0) is 19.6. The maximum absolute atomic E-state index is 5.75. The molecule has 0 saturated carbocycles. The molecule has 154 valence electrons. The van der Waals surface area contributed by atoms with Gasteiger partial charge >= 0.3 is 0 Å². The van der Waals surface area contributed by atoms with E-state index < -0.39 is 0 Å². The van der Waals surface area contributed by atoms with E-state index in [0.717, 1.165) is 71.3 Å². The van der Waals surface area contributed by atoms with Crippen molar-refractivity contribution < 1.29 is 9.47 Å². The lowest BCUT2D eigenvalue weighted by Crippen LogP contribution is -2.38. The first-order chi connectivity index (χ1) is 13.8. The van der Waals surface area contributed by atoms with Crippen LogP contribution in [0.3, 0.4) is 0 Å². The van der Waals surface area contributed by atoms with E-state index in [-0.39, 0.29) is 0 Å². The molecule has 1 fully saturated rings. The predicted molar refractivity (Wildman–Crippen MR) is 115 cm³/mol. The summed E-state index contributed by atoms with van der Waals surface area (Å²) in [6.07, 6.45) is 5.14. The summed E-state index contributed by atoms with van der Waals surface area (Å²) in [6.45, 7) is 9.99. The molecule has 1 saturated heterocycles. The van der Waals surface area contributed by atoms with E-state index in [2.05, 4.69) is 58.9 Å². The average molecular weight is 387 g/mol. The number of ether oxygens (including phenoxy) is 2.